The fraction of sp³-hybridized carbons (Fsp3) is 0.875. The molecule has 3 nitrogen and oxygen atoms in total. The first-order chi connectivity index (χ1) is 5.56. The van der Waals surface area contributed by atoms with Gasteiger partial charge in [0, 0.05) is 0 Å². The Kier molecular flexibility index (Phi) is 6.51. The van der Waals surface area contributed by atoms with Crippen LogP contribution in [0.25, 0.3) is 0 Å². The molecule has 0 aromatic rings. The lowest BCUT2D eigenvalue weighted by atomic mass is 10.2. The van der Waals surface area contributed by atoms with Crippen molar-refractivity contribution in [3.05, 3.63) is 0 Å². The maximum absolute atomic E-state index is 10.9. The molecule has 0 radical (unpaired) electrons. The van der Waals surface area contributed by atoms with Crippen molar-refractivity contribution in [3.8, 4) is 0 Å². The van der Waals surface area contributed by atoms with Crippen molar-refractivity contribution in [3.63, 3.8) is 0 Å². The van der Waals surface area contributed by atoms with Crippen molar-refractivity contribution in [2.24, 2.45) is 0 Å². The molecule has 0 aliphatic rings. The summed E-state index contributed by atoms with van der Waals surface area (Å²) in [5.74, 6) is 0. The summed E-state index contributed by atoms with van der Waals surface area (Å²) < 4.78 is 9.59. The molecule has 0 aromatic carbocycles. The predicted molar refractivity (Wildman–Crippen MR) is 55.4 cm³/mol. The molecule has 0 saturated carbocycles. The van der Waals surface area contributed by atoms with Crippen LogP contribution in [0.3, 0.4) is 0 Å². The van der Waals surface area contributed by atoms with Crippen LogP contribution >= 0.6 is 22.6 Å². The Bertz CT molecular complexity index is 136. The molecule has 2 unspecified atom stereocenters. The molecule has 0 amide bonds. The average molecular weight is 286 g/mol. The summed E-state index contributed by atoms with van der Waals surface area (Å²) in [4.78, 5) is 10.9. The van der Waals surface area contributed by atoms with Crippen molar-refractivity contribution in [2.75, 3.05) is 0 Å². The van der Waals surface area contributed by atoms with Gasteiger partial charge in [-0.2, -0.15) is 0 Å². The maximum Gasteiger partial charge on any atom is 0.509 e. The summed E-state index contributed by atoms with van der Waals surface area (Å²) in [7, 11) is 0. The fourth-order valence-corrected chi connectivity index (χ4v) is 0.998. The second-order valence-corrected chi connectivity index (χ2v) is 4.38. The zero-order valence-corrected chi connectivity index (χ0v) is 9.83. The van der Waals surface area contributed by atoms with Crippen LogP contribution in [-0.4, -0.2) is 16.4 Å². The number of rotatable bonds is 4. The molecule has 4 heteroatoms. The molecule has 0 aliphatic heterocycles. The van der Waals surface area contributed by atoms with Gasteiger partial charge in [0.25, 0.3) is 0 Å². The Balaban J connectivity index is 3.54. The number of halogens is 1. The smallest absolute Gasteiger partial charge is 0.431 e. The van der Waals surface area contributed by atoms with Crippen LogP contribution in [-0.2, 0) is 9.47 Å². The quantitative estimate of drug-likeness (QED) is 0.452. The number of hydrogen-bond acceptors (Lipinski definition) is 3. The van der Waals surface area contributed by atoms with Crippen LogP contribution in [0.15, 0.2) is 0 Å². The highest BCUT2D eigenvalue weighted by Crippen LogP contribution is 2.06. The van der Waals surface area contributed by atoms with Gasteiger partial charge in [0.05, 0.1) is 0 Å². The monoisotopic (exact) mass is 286 g/mol. The lowest BCUT2D eigenvalue weighted by Crippen LogP contribution is -2.17. The highest BCUT2D eigenvalue weighted by molar-refractivity contribution is 14.1. The van der Waals surface area contributed by atoms with Gasteiger partial charge < -0.3 is 9.47 Å². The molecule has 0 spiro atoms. The Morgan fingerprint density at radius 2 is 2.00 bits per heavy atom. The first-order valence-electron chi connectivity index (χ1n) is 4.07. The number of carbonyl (C=O) groups excluding carboxylic acids is 1. The third-order valence-electron chi connectivity index (χ3n) is 1.25. The molecule has 72 valence electrons. The topological polar surface area (TPSA) is 35.5 Å². The number of alkyl halides is 1. The minimum atomic E-state index is -0.571. The highest BCUT2D eigenvalue weighted by Gasteiger charge is 2.11. The largest absolute Gasteiger partial charge is 0.509 e. The number of ether oxygens (including phenoxy) is 2. The van der Waals surface area contributed by atoms with Gasteiger partial charge in [-0.3, -0.25) is 0 Å². The standard InChI is InChI=1S/C8H15IO3/c1-4-5-6(2)11-8(10)12-7(3)9/h6-7H,4-5H2,1-3H3. The summed E-state index contributed by atoms with van der Waals surface area (Å²) in [6.07, 6.45) is 1.27. The molecule has 0 aromatic heterocycles. The maximum atomic E-state index is 10.9. The minimum absolute atomic E-state index is 0.0438. The first-order valence-corrected chi connectivity index (χ1v) is 5.32. The third kappa shape index (κ3) is 6.69. The Morgan fingerprint density at radius 1 is 1.42 bits per heavy atom. The summed E-state index contributed by atoms with van der Waals surface area (Å²) in [5.41, 5.74) is 0. The second kappa shape index (κ2) is 6.51. The lowest BCUT2D eigenvalue weighted by Gasteiger charge is -2.12. The predicted octanol–water partition coefficient (Wildman–Crippen LogP) is 3.11. The fourth-order valence-electron chi connectivity index (χ4n) is 0.790. The average Bonchev–Trinajstić information content (AvgIpc) is 1.84. The molecule has 0 bridgehead atoms. The SMILES string of the molecule is CCCC(C)OC(=O)OC(C)I. The zero-order valence-electron chi connectivity index (χ0n) is 7.67. The van der Waals surface area contributed by atoms with Gasteiger partial charge in [-0.1, -0.05) is 13.3 Å². The summed E-state index contributed by atoms with van der Waals surface area (Å²) in [5, 5.41) is 0. The van der Waals surface area contributed by atoms with Gasteiger partial charge in [0.1, 0.15) is 6.10 Å². The number of hydrogen-bond donors (Lipinski definition) is 0. The van der Waals surface area contributed by atoms with Crippen LogP contribution in [0.4, 0.5) is 4.79 Å². The third-order valence-corrected chi connectivity index (χ3v) is 1.51. The van der Waals surface area contributed by atoms with Crippen LogP contribution in [0.5, 0.6) is 0 Å². The van der Waals surface area contributed by atoms with E-state index in [0.29, 0.717) is 0 Å². The first kappa shape index (κ1) is 12.0. The molecule has 0 rings (SSSR count). The zero-order chi connectivity index (χ0) is 9.56. The van der Waals surface area contributed by atoms with E-state index in [1.807, 2.05) is 36.4 Å². The van der Waals surface area contributed by atoms with Gasteiger partial charge in [0.15, 0.2) is 4.11 Å². The van der Waals surface area contributed by atoms with Crippen molar-refractivity contribution >= 4 is 28.7 Å². The molecule has 0 aliphatic carbocycles. The number of carbonyl (C=O) groups is 1. The van der Waals surface area contributed by atoms with Crippen LogP contribution in [0.2, 0.25) is 0 Å². The van der Waals surface area contributed by atoms with Gasteiger partial charge in [-0.05, 0) is 42.9 Å². The van der Waals surface area contributed by atoms with E-state index in [9.17, 15) is 4.79 Å². The normalized spacial score (nSPS) is 15.0. The summed E-state index contributed by atoms with van der Waals surface area (Å²) in [6.45, 7) is 5.70. The van der Waals surface area contributed by atoms with Gasteiger partial charge in [-0.25, -0.2) is 4.79 Å². The van der Waals surface area contributed by atoms with E-state index >= 15 is 0 Å². The van der Waals surface area contributed by atoms with Crippen molar-refractivity contribution in [2.45, 2.75) is 43.8 Å². The molecule has 0 N–H and O–H groups in total. The Morgan fingerprint density at radius 3 is 2.42 bits per heavy atom. The van der Waals surface area contributed by atoms with Crippen molar-refractivity contribution < 1.29 is 14.3 Å². The van der Waals surface area contributed by atoms with E-state index in [-0.39, 0.29) is 10.2 Å². The Hall–Kier alpha value is 0. The molecule has 0 heterocycles. The second-order valence-electron chi connectivity index (χ2n) is 2.63. The molecular weight excluding hydrogens is 271 g/mol. The van der Waals surface area contributed by atoms with E-state index in [4.69, 9.17) is 9.47 Å². The van der Waals surface area contributed by atoms with E-state index in [2.05, 4.69) is 0 Å². The van der Waals surface area contributed by atoms with Crippen molar-refractivity contribution in [1.82, 2.24) is 0 Å². The lowest BCUT2D eigenvalue weighted by molar-refractivity contribution is 0.0261. The minimum Gasteiger partial charge on any atom is -0.431 e. The van der Waals surface area contributed by atoms with Crippen LogP contribution in [0, 0.1) is 0 Å². The molecule has 2 atom stereocenters. The van der Waals surface area contributed by atoms with Crippen LogP contribution in [0.1, 0.15) is 33.6 Å². The van der Waals surface area contributed by atoms with E-state index in [1.54, 1.807) is 6.92 Å². The van der Waals surface area contributed by atoms with Gasteiger partial charge >= 0.3 is 6.16 Å². The summed E-state index contributed by atoms with van der Waals surface area (Å²) >= 11 is 2.00. The van der Waals surface area contributed by atoms with Gasteiger partial charge in [0.2, 0.25) is 0 Å². The van der Waals surface area contributed by atoms with E-state index in [1.165, 1.54) is 0 Å². The van der Waals surface area contributed by atoms with E-state index < -0.39 is 6.16 Å². The van der Waals surface area contributed by atoms with Crippen LogP contribution < -0.4 is 0 Å². The highest BCUT2D eigenvalue weighted by atomic mass is 127. The Labute approximate surface area is 86.9 Å². The molecular formula is C8H15IO3. The van der Waals surface area contributed by atoms with E-state index in [0.717, 1.165) is 12.8 Å². The van der Waals surface area contributed by atoms with Gasteiger partial charge in [-0.15, -0.1) is 0 Å². The molecule has 0 fully saturated rings. The summed E-state index contributed by atoms with van der Waals surface area (Å²) in [6, 6.07) is 0. The molecule has 0 saturated heterocycles. The van der Waals surface area contributed by atoms with Crippen molar-refractivity contribution in [1.29, 1.82) is 0 Å². The molecule has 12 heavy (non-hydrogen) atoms.